The Kier molecular flexibility index (Phi) is 6.42. The van der Waals surface area contributed by atoms with Gasteiger partial charge in [-0.15, -0.1) is 0 Å². The van der Waals surface area contributed by atoms with E-state index < -0.39 is 23.9 Å². The van der Waals surface area contributed by atoms with Crippen LogP contribution in [0.5, 0.6) is 0 Å². The van der Waals surface area contributed by atoms with Crippen molar-refractivity contribution < 1.29 is 14.4 Å². The van der Waals surface area contributed by atoms with Crippen LogP contribution in [0.1, 0.15) is 33.6 Å². The molecule has 2 atom stereocenters. The van der Waals surface area contributed by atoms with Crippen molar-refractivity contribution in [1.82, 2.24) is 5.32 Å². The Bertz CT molecular complexity index is 302. The maximum atomic E-state index is 11.6. The SMILES string of the molecule is CC(=O)[C@H](CC(C)C)NC(=O)[C@@H](N)CC(N)=O. The molecule has 0 heterocycles. The quantitative estimate of drug-likeness (QED) is 0.548. The first kappa shape index (κ1) is 15.6. The van der Waals surface area contributed by atoms with Crippen molar-refractivity contribution >= 4 is 17.6 Å². The Morgan fingerprint density at radius 2 is 1.76 bits per heavy atom. The molecule has 0 spiro atoms. The van der Waals surface area contributed by atoms with Crippen molar-refractivity contribution in [3.8, 4) is 0 Å². The monoisotopic (exact) mass is 243 g/mol. The summed E-state index contributed by atoms with van der Waals surface area (Å²) in [6.45, 7) is 5.31. The molecule has 0 rings (SSSR count). The number of rotatable bonds is 7. The van der Waals surface area contributed by atoms with E-state index in [1.54, 1.807) is 0 Å². The lowest BCUT2D eigenvalue weighted by Crippen LogP contribution is -2.49. The Labute approximate surface area is 101 Å². The molecule has 0 aliphatic heterocycles. The number of primary amides is 1. The second-order valence-corrected chi connectivity index (χ2v) is 4.58. The van der Waals surface area contributed by atoms with Gasteiger partial charge in [0.1, 0.15) is 0 Å². The third kappa shape index (κ3) is 6.68. The molecular weight excluding hydrogens is 222 g/mol. The van der Waals surface area contributed by atoms with Crippen molar-refractivity contribution in [3.05, 3.63) is 0 Å². The Morgan fingerprint density at radius 3 is 2.12 bits per heavy atom. The molecule has 0 saturated heterocycles. The van der Waals surface area contributed by atoms with E-state index >= 15 is 0 Å². The minimum absolute atomic E-state index is 0.127. The largest absolute Gasteiger partial charge is 0.370 e. The Morgan fingerprint density at radius 1 is 1.24 bits per heavy atom. The van der Waals surface area contributed by atoms with Crippen molar-refractivity contribution in [3.63, 3.8) is 0 Å². The van der Waals surface area contributed by atoms with Crippen LogP contribution in [-0.2, 0) is 14.4 Å². The number of Topliss-reactive ketones (excluding diaryl/α,β-unsaturated/α-hetero) is 1. The highest BCUT2D eigenvalue weighted by molar-refractivity contribution is 5.91. The van der Waals surface area contributed by atoms with Gasteiger partial charge < -0.3 is 16.8 Å². The zero-order chi connectivity index (χ0) is 13.6. The zero-order valence-corrected chi connectivity index (χ0v) is 10.5. The van der Waals surface area contributed by atoms with E-state index in [0.29, 0.717) is 6.42 Å². The molecule has 17 heavy (non-hydrogen) atoms. The number of hydrogen-bond donors (Lipinski definition) is 3. The summed E-state index contributed by atoms with van der Waals surface area (Å²) >= 11 is 0. The number of carbonyl (C=O) groups excluding carboxylic acids is 3. The maximum absolute atomic E-state index is 11.6. The molecule has 6 heteroatoms. The second-order valence-electron chi connectivity index (χ2n) is 4.58. The van der Waals surface area contributed by atoms with Gasteiger partial charge in [0, 0.05) is 0 Å². The van der Waals surface area contributed by atoms with E-state index in [-0.39, 0.29) is 18.1 Å². The molecule has 0 radical (unpaired) electrons. The minimum atomic E-state index is -0.999. The molecule has 0 saturated carbocycles. The topological polar surface area (TPSA) is 115 Å². The van der Waals surface area contributed by atoms with Gasteiger partial charge in [-0.2, -0.15) is 0 Å². The summed E-state index contributed by atoms with van der Waals surface area (Å²) in [6.07, 6.45) is 0.322. The molecule has 98 valence electrons. The number of hydrogen-bond acceptors (Lipinski definition) is 4. The number of nitrogens with one attached hydrogen (secondary N) is 1. The third-order valence-corrected chi connectivity index (χ3v) is 2.27. The lowest BCUT2D eigenvalue weighted by molar-refractivity contribution is -0.129. The second kappa shape index (κ2) is 7.01. The fraction of sp³-hybridized carbons (Fsp3) is 0.727. The number of amides is 2. The van der Waals surface area contributed by atoms with Crippen LogP contribution in [0.15, 0.2) is 0 Å². The molecule has 0 aromatic rings. The van der Waals surface area contributed by atoms with Crippen LogP contribution >= 0.6 is 0 Å². The van der Waals surface area contributed by atoms with Gasteiger partial charge >= 0.3 is 0 Å². The molecule has 5 N–H and O–H groups in total. The van der Waals surface area contributed by atoms with Crippen molar-refractivity contribution in [2.45, 2.75) is 45.7 Å². The molecule has 0 aromatic carbocycles. The number of ketones is 1. The van der Waals surface area contributed by atoms with Gasteiger partial charge in [0.05, 0.1) is 18.5 Å². The lowest BCUT2D eigenvalue weighted by atomic mass is 10.0. The molecule has 0 bridgehead atoms. The summed E-state index contributed by atoms with van der Waals surface area (Å²) in [7, 11) is 0. The minimum Gasteiger partial charge on any atom is -0.370 e. The molecule has 0 unspecified atom stereocenters. The zero-order valence-electron chi connectivity index (χ0n) is 10.5. The first-order valence-corrected chi connectivity index (χ1v) is 5.58. The standard InChI is InChI=1S/C11H21N3O3/c1-6(2)4-9(7(3)15)14-11(17)8(12)5-10(13)16/h6,8-9H,4-5,12H2,1-3H3,(H2,13,16)(H,14,17)/t8-,9-/m0/s1. The van der Waals surface area contributed by atoms with Gasteiger partial charge in [0.15, 0.2) is 5.78 Å². The van der Waals surface area contributed by atoms with Crippen molar-refractivity contribution in [2.24, 2.45) is 17.4 Å². The Hall–Kier alpha value is -1.43. The van der Waals surface area contributed by atoms with Crippen LogP contribution < -0.4 is 16.8 Å². The average molecular weight is 243 g/mol. The summed E-state index contributed by atoms with van der Waals surface area (Å²) in [4.78, 5) is 33.5. The lowest BCUT2D eigenvalue weighted by Gasteiger charge is -2.19. The van der Waals surface area contributed by atoms with Gasteiger partial charge in [-0.05, 0) is 19.3 Å². The van der Waals surface area contributed by atoms with E-state index in [0.717, 1.165) is 0 Å². The summed E-state index contributed by atoms with van der Waals surface area (Å²) in [5.74, 6) is -1.02. The highest BCUT2D eigenvalue weighted by Gasteiger charge is 2.22. The van der Waals surface area contributed by atoms with E-state index in [4.69, 9.17) is 11.5 Å². The highest BCUT2D eigenvalue weighted by atomic mass is 16.2. The fourth-order valence-electron chi connectivity index (χ4n) is 1.39. The number of carbonyl (C=O) groups is 3. The van der Waals surface area contributed by atoms with E-state index in [2.05, 4.69) is 5.32 Å². The van der Waals surface area contributed by atoms with Crippen molar-refractivity contribution in [1.29, 1.82) is 0 Å². The van der Waals surface area contributed by atoms with Crippen LogP contribution in [0, 0.1) is 5.92 Å². The first-order valence-electron chi connectivity index (χ1n) is 5.58. The van der Waals surface area contributed by atoms with E-state index in [1.165, 1.54) is 6.92 Å². The smallest absolute Gasteiger partial charge is 0.238 e. The molecule has 0 fully saturated rings. The third-order valence-electron chi connectivity index (χ3n) is 2.27. The normalized spacial score (nSPS) is 14.2. The van der Waals surface area contributed by atoms with Crippen LogP contribution in [0.4, 0.5) is 0 Å². The van der Waals surface area contributed by atoms with Crippen LogP contribution in [0.25, 0.3) is 0 Å². The summed E-state index contributed by atoms with van der Waals surface area (Å²) < 4.78 is 0. The van der Waals surface area contributed by atoms with Crippen LogP contribution in [-0.4, -0.2) is 29.7 Å². The van der Waals surface area contributed by atoms with Crippen LogP contribution in [0.2, 0.25) is 0 Å². The predicted octanol–water partition coefficient (Wildman–Crippen LogP) is -0.691. The number of nitrogens with two attached hydrogens (primary N) is 2. The van der Waals surface area contributed by atoms with Gasteiger partial charge in [0.2, 0.25) is 11.8 Å². The summed E-state index contributed by atoms with van der Waals surface area (Å²) in [5.41, 5.74) is 10.4. The first-order chi connectivity index (χ1) is 7.73. The predicted molar refractivity (Wildman–Crippen MR) is 63.9 cm³/mol. The molecule has 6 nitrogen and oxygen atoms in total. The molecular formula is C11H21N3O3. The van der Waals surface area contributed by atoms with Gasteiger partial charge in [-0.1, -0.05) is 13.8 Å². The van der Waals surface area contributed by atoms with E-state index in [1.807, 2.05) is 13.8 Å². The van der Waals surface area contributed by atoms with Crippen molar-refractivity contribution in [2.75, 3.05) is 0 Å². The van der Waals surface area contributed by atoms with Crippen LogP contribution in [0.3, 0.4) is 0 Å². The van der Waals surface area contributed by atoms with Gasteiger partial charge in [-0.3, -0.25) is 14.4 Å². The van der Waals surface area contributed by atoms with Gasteiger partial charge in [-0.25, -0.2) is 0 Å². The highest BCUT2D eigenvalue weighted by Crippen LogP contribution is 2.06. The maximum Gasteiger partial charge on any atom is 0.238 e. The summed E-state index contributed by atoms with van der Waals surface area (Å²) in [5, 5.41) is 2.53. The molecule has 0 aromatic heterocycles. The molecule has 0 aliphatic carbocycles. The fourth-order valence-corrected chi connectivity index (χ4v) is 1.39. The average Bonchev–Trinajstić information content (AvgIpc) is 2.14. The van der Waals surface area contributed by atoms with E-state index in [9.17, 15) is 14.4 Å². The van der Waals surface area contributed by atoms with Gasteiger partial charge in [0.25, 0.3) is 0 Å². The molecule has 2 amide bonds. The Balaban J connectivity index is 4.39. The summed E-state index contributed by atoms with van der Waals surface area (Å²) in [6, 6.07) is -1.55. The molecule has 0 aliphatic rings.